The van der Waals surface area contributed by atoms with Crippen LogP contribution in [0.1, 0.15) is 16.2 Å². The number of carbonyl (C=O) groups is 1. The van der Waals surface area contributed by atoms with Gasteiger partial charge >= 0.3 is 6.36 Å². The molecule has 2 aromatic carbocycles. The Morgan fingerprint density at radius 2 is 1.41 bits per heavy atom. The SMILES string of the molecule is Bc1nc(C(B)(B)N2C(=O)c3cc(-c4ccc(OC(F)(F)F)cc4)ccc3OC(B)(B)C2(B)B)nc(B)c1B. The molecule has 39 heavy (non-hydrogen) atoms. The Morgan fingerprint density at radius 1 is 0.872 bits per heavy atom. The van der Waals surface area contributed by atoms with E-state index in [0.29, 0.717) is 28.3 Å². The van der Waals surface area contributed by atoms with E-state index in [0.717, 1.165) is 16.6 Å². The van der Waals surface area contributed by atoms with E-state index < -0.39 is 22.4 Å². The molecule has 0 radical (unpaired) electrons. The van der Waals surface area contributed by atoms with E-state index in [-0.39, 0.29) is 11.7 Å². The third kappa shape index (κ3) is 5.26. The first-order chi connectivity index (χ1) is 17.8. The third-order valence-electron chi connectivity index (χ3n) is 7.97. The first-order valence-electron chi connectivity index (χ1n) is 12.7. The van der Waals surface area contributed by atoms with Crippen LogP contribution < -0.4 is 26.1 Å². The number of aromatic nitrogens is 2. The number of amides is 1. The fraction of sp³-hybridized carbons (Fsp3) is 0.190. The van der Waals surface area contributed by atoms with Crippen LogP contribution >= 0.6 is 0 Å². The summed E-state index contributed by atoms with van der Waals surface area (Å²) in [6.07, 6.45) is -4.77. The van der Waals surface area contributed by atoms with Crippen LogP contribution in [-0.4, -0.2) is 108 Å². The molecule has 0 saturated carbocycles. The van der Waals surface area contributed by atoms with E-state index in [1.807, 2.05) is 70.6 Å². The Bertz CT molecular complexity index is 1430. The molecule has 6 nitrogen and oxygen atoms in total. The van der Waals surface area contributed by atoms with Gasteiger partial charge in [0, 0.05) is 16.1 Å². The number of benzene rings is 2. The van der Waals surface area contributed by atoms with Crippen molar-refractivity contribution in [2.45, 2.75) is 22.4 Å². The zero-order chi connectivity index (χ0) is 29.1. The maximum atomic E-state index is 14.4. The topological polar surface area (TPSA) is 64.6 Å². The van der Waals surface area contributed by atoms with Gasteiger partial charge in [-0.1, -0.05) is 23.7 Å². The summed E-state index contributed by atoms with van der Waals surface area (Å²) in [5.74, 6) is 0.374. The fourth-order valence-corrected chi connectivity index (χ4v) is 4.96. The van der Waals surface area contributed by atoms with E-state index in [4.69, 9.17) is 14.7 Å². The van der Waals surface area contributed by atoms with Gasteiger partial charge in [-0.25, -0.2) is 9.97 Å². The Labute approximate surface area is 234 Å². The number of ether oxygens (including phenoxy) is 2. The molecule has 0 spiro atoms. The number of hydrogen-bond acceptors (Lipinski definition) is 5. The fourth-order valence-electron chi connectivity index (χ4n) is 4.96. The summed E-state index contributed by atoms with van der Waals surface area (Å²) in [4.78, 5) is 25.8. The smallest absolute Gasteiger partial charge is 0.504 e. The van der Waals surface area contributed by atoms with Crippen molar-refractivity contribution < 1.29 is 27.4 Å². The van der Waals surface area contributed by atoms with Gasteiger partial charge in [0.05, 0.1) is 5.56 Å². The molecule has 1 aromatic heterocycles. The molecule has 0 unspecified atom stereocenters. The molecule has 0 atom stereocenters. The molecule has 1 amide bonds. The van der Waals surface area contributed by atoms with Crippen molar-refractivity contribution in [2.75, 3.05) is 0 Å². The van der Waals surface area contributed by atoms with Crippen molar-refractivity contribution in [1.82, 2.24) is 14.9 Å². The molecule has 0 fully saturated rings. The lowest BCUT2D eigenvalue weighted by Crippen LogP contribution is -2.74. The second kappa shape index (κ2) is 9.56. The number of fused-ring (bicyclic) bond motifs is 1. The maximum absolute atomic E-state index is 14.4. The third-order valence-corrected chi connectivity index (χ3v) is 7.97. The maximum Gasteiger partial charge on any atom is 0.573 e. The van der Waals surface area contributed by atoms with Crippen LogP contribution in [0.3, 0.4) is 0 Å². The van der Waals surface area contributed by atoms with E-state index in [9.17, 15) is 18.0 Å². The summed E-state index contributed by atoms with van der Waals surface area (Å²) in [5, 5.41) is -2.53. The monoisotopic (exact) mass is 523 g/mol. The van der Waals surface area contributed by atoms with Gasteiger partial charge in [-0.15, -0.1) is 13.2 Å². The minimum atomic E-state index is -4.77. The minimum absolute atomic E-state index is 0.260. The Kier molecular flexibility index (Phi) is 7.10. The lowest BCUT2D eigenvalue weighted by Gasteiger charge is -2.54. The van der Waals surface area contributed by atoms with Crippen molar-refractivity contribution in [2.24, 2.45) is 0 Å². The molecule has 0 aliphatic carbocycles. The Hall–Kier alpha value is -3.04. The van der Waals surface area contributed by atoms with Gasteiger partial charge in [0.1, 0.15) is 72.2 Å². The van der Waals surface area contributed by atoms with Gasteiger partial charge in [-0.05, 0) is 46.6 Å². The number of alkyl halides is 3. The van der Waals surface area contributed by atoms with Crippen molar-refractivity contribution in [3.05, 3.63) is 53.9 Å². The van der Waals surface area contributed by atoms with Gasteiger partial charge in [-0.2, -0.15) is 0 Å². The van der Waals surface area contributed by atoms with Crippen LogP contribution in [0, 0.1) is 0 Å². The highest BCUT2D eigenvalue weighted by atomic mass is 19.4. The normalized spacial score (nSPS) is 16.6. The molecule has 3 aromatic rings. The van der Waals surface area contributed by atoms with E-state index in [1.165, 1.54) is 24.3 Å². The van der Waals surface area contributed by atoms with Gasteiger partial charge in [0.15, 0.2) is 15.7 Å². The summed E-state index contributed by atoms with van der Waals surface area (Å²) in [6, 6.07) is 10.8. The zero-order valence-electron chi connectivity index (χ0n) is 23.7. The van der Waals surface area contributed by atoms with Crippen LogP contribution in [0.25, 0.3) is 11.1 Å². The van der Waals surface area contributed by atoms with Gasteiger partial charge in [0.25, 0.3) is 5.91 Å². The average molecular weight is 522 g/mol. The number of carbonyl (C=O) groups excluding carboxylic acids is 1. The molecular formula is C21H25B9F3N3O3. The molecular weight excluding hydrogens is 497 g/mol. The van der Waals surface area contributed by atoms with Crippen LogP contribution in [0.4, 0.5) is 13.2 Å². The quantitative estimate of drug-likeness (QED) is 0.319. The minimum Gasteiger partial charge on any atom is -0.504 e. The van der Waals surface area contributed by atoms with Crippen LogP contribution in [0.2, 0.25) is 0 Å². The van der Waals surface area contributed by atoms with E-state index in [1.54, 1.807) is 23.1 Å². The van der Waals surface area contributed by atoms with Crippen LogP contribution in [-0.2, 0) is 5.34 Å². The van der Waals surface area contributed by atoms with E-state index >= 15 is 0 Å². The first-order valence-corrected chi connectivity index (χ1v) is 12.7. The van der Waals surface area contributed by atoms with Crippen LogP contribution in [0.15, 0.2) is 42.5 Å². The predicted molar refractivity (Wildman–Crippen MR) is 170 cm³/mol. The summed E-state index contributed by atoms with van der Waals surface area (Å²) in [7, 11) is 17.5. The average Bonchev–Trinajstić information content (AvgIpc) is 2.86. The molecule has 18 heteroatoms. The largest absolute Gasteiger partial charge is 0.573 e. The summed E-state index contributed by atoms with van der Waals surface area (Å²) < 4.78 is 48.2. The molecule has 1 aliphatic heterocycles. The predicted octanol–water partition coefficient (Wildman–Crippen LogP) is -7.43. The zero-order valence-corrected chi connectivity index (χ0v) is 23.7. The Balaban J connectivity index is 1.83. The highest BCUT2D eigenvalue weighted by Gasteiger charge is 2.53. The number of hydrogen-bond donors (Lipinski definition) is 0. The van der Waals surface area contributed by atoms with Crippen LogP contribution in [0.5, 0.6) is 11.5 Å². The molecule has 0 bridgehead atoms. The lowest BCUT2D eigenvalue weighted by atomic mass is 9.37. The van der Waals surface area contributed by atoms with Gasteiger partial charge in [0.2, 0.25) is 0 Å². The van der Waals surface area contributed by atoms with Crippen molar-refractivity contribution >= 4 is 93.2 Å². The first kappa shape index (κ1) is 29.0. The molecule has 2 heterocycles. The second-order valence-electron chi connectivity index (χ2n) is 11.5. The molecule has 0 N–H and O–H groups in total. The van der Waals surface area contributed by atoms with Gasteiger partial charge in [-0.3, -0.25) is 4.79 Å². The standard InChI is InChI=1S/C21H25B9F3N3O3/c22-13-14(23)34-17(35-15(13)24)18(25,26)36-16(37)11-7-9(3-6-12(11)39-20(29,30)19(36,27)28)8-1-4-10(5-2-8)38-21(31,32)33/h1-7H,22-30H2. The molecule has 1 aliphatic rings. The number of nitrogens with zero attached hydrogens (tertiary/aromatic N) is 3. The highest BCUT2D eigenvalue weighted by molar-refractivity contribution is 6.57. The number of rotatable bonds is 4. The molecule has 190 valence electrons. The molecule has 4 rings (SSSR count). The van der Waals surface area contributed by atoms with Gasteiger partial charge < -0.3 is 14.4 Å². The summed E-state index contributed by atoms with van der Waals surface area (Å²) in [6.45, 7) is 0. The van der Waals surface area contributed by atoms with E-state index in [2.05, 4.69) is 4.74 Å². The highest BCUT2D eigenvalue weighted by Crippen LogP contribution is 2.40. The van der Waals surface area contributed by atoms with Crippen molar-refractivity contribution in [3.8, 4) is 22.6 Å². The molecule has 0 saturated heterocycles. The van der Waals surface area contributed by atoms with Crippen molar-refractivity contribution in [3.63, 3.8) is 0 Å². The number of halogens is 3. The van der Waals surface area contributed by atoms with Crippen molar-refractivity contribution in [1.29, 1.82) is 0 Å². The Morgan fingerprint density at radius 3 is 1.95 bits per heavy atom. The second-order valence-corrected chi connectivity index (χ2v) is 11.5. The summed E-state index contributed by atoms with van der Waals surface area (Å²) in [5.41, 5.74) is 4.32. The lowest BCUT2D eigenvalue weighted by molar-refractivity contribution is -0.274. The summed E-state index contributed by atoms with van der Waals surface area (Å²) >= 11 is 0.